The summed E-state index contributed by atoms with van der Waals surface area (Å²) in [6.45, 7) is 20.3. The smallest absolute Gasteiger partial charge is 0.0572 e. The van der Waals surface area contributed by atoms with E-state index in [1.54, 1.807) is 0 Å². The van der Waals surface area contributed by atoms with Gasteiger partial charge in [0.1, 0.15) is 0 Å². The standard InChI is InChI=1S/C70H61N/c1-43(2)39-47(30-37-56-54-17-9-15-23-62(54)69(63-24-16-10-18-55(56)63)71(51-32-25-44(3)26-33-51)52-34-27-45(4)28-35-52)66-57-19-11-13-21-59(57)67(60-22-14-12-20-58(60)66)64-40-46(5)53-36-29-48-41-50(70(6,7)8)42-49-31-38-61(64)68(53)65(48)49/h9-27,29-34,36-42,54,56H,1,28,35H2,2-8H3/b37-30+,47-39+. The molecule has 9 aromatic carbocycles. The summed E-state index contributed by atoms with van der Waals surface area (Å²) >= 11 is 0. The predicted octanol–water partition coefficient (Wildman–Crippen LogP) is 19.4. The third kappa shape index (κ3) is 7.53. The molecule has 1 nitrogen and oxygen atoms in total. The molecule has 0 N–H and O–H groups in total. The Hall–Kier alpha value is -7.74. The molecule has 3 aliphatic rings. The van der Waals surface area contributed by atoms with Crippen molar-refractivity contribution < 1.29 is 0 Å². The number of aryl methyl sites for hydroxylation is 2. The topological polar surface area (TPSA) is 3.24 Å². The van der Waals surface area contributed by atoms with Crippen LogP contribution in [0.25, 0.3) is 76.3 Å². The van der Waals surface area contributed by atoms with Gasteiger partial charge in [0.25, 0.3) is 0 Å². The summed E-state index contributed by atoms with van der Waals surface area (Å²) in [7, 11) is 0. The average molecular weight is 916 g/mol. The Morgan fingerprint density at radius 1 is 0.648 bits per heavy atom. The van der Waals surface area contributed by atoms with E-state index in [-0.39, 0.29) is 17.3 Å². The molecule has 0 saturated carbocycles. The van der Waals surface area contributed by atoms with Crippen LogP contribution in [0.5, 0.6) is 0 Å². The van der Waals surface area contributed by atoms with Crippen LogP contribution in [-0.2, 0) is 5.41 Å². The molecule has 0 amide bonds. The molecular formula is C70H61N. The number of benzene rings is 9. The van der Waals surface area contributed by atoms with Crippen molar-refractivity contribution in [1.29, 1.82) is 0 Å². The molecule has 3 aliphatic carbocycles. The highest BCUT2D eigenvalue weighted by molar-refractivity contribution is 6.29. The lowest BCUT2D eigenvalue weighted by molar-refractivity contribution is 0.591. The van der Waals surface area contributed by atoms with E-state index in [9.17, 15) is 0 Å². The first-order valence-corrected chi connectivity index (χ1v) is 25.6. The van der Waals surface area contributed by atoms with Gasteiger partial charge in [0.05, 0.1) is 5.70 Å². The van der Waals surface area contributed by atoms with Crippen molar-refractivity contribution in [3.05, 3.63) is 257 Å². The second kappa shape index (κ2) is 17.3. The van der Waals surface area contributed by atoms with E-state index < -0.39 is 0 Å². The Balaban J connectivity index is 1.04. The maximum absolute atomic E-state index is 4.50. The largest absolute Gasteiger partial charge is 0.313 e. The number of hydrogen-bond acceptors (Lipinski definition) is 1. The molecule has 0 spiro atoms. The van der Waals surface area contributed by atoms with Crippen LogP contribution in [0, 0.1) is 19.8 Å². The van der Waals surface area contributed by atoms with Crippen LogP contribution in [0.1, 0.15) is 86.8 Å². The van der Waals surface area contributed by atoms with Gasteiger partial charge in [0.15, 0.2) is 0 Å². The van der Waals surface area contributed by atoms with Crippen molar-refractivity contribution >= 4 is 70.8 Å². The molecule has 0 saturated heterocycles. The number of rotatable bonds is 8. The minimum Gasteiger partial charge on any atom is -0.313 e. The summed E-state index contributed by atoms with van der Waals surface area (Å²) in [6, 6.07) is 53.2. The van der Waals surface area contributed by atoms with Crippen molar-refractivity contribution in [2.75, 3.05) is 4.90 Å². The van der Waals surface area contributed by atoms with E-state index in [4.69, 9.17) is 0 Å². The fourth-order valence-corrected chi connectivity index (χ4v) is 12.1. The minimum atomic E-state index is 0.0557. The summed E-state index contributed by atoms with van der Waals surface area (Å²) in [4.78, 5) is 2.56. The van der Waals surface area contributed by atoms with E-state index in [1.165, 1.54) is 127 Å². The number of fused-ring (bicyclic) bond motifs is 4. The fraction of sp³-hybridized carbons (Fsp3) is 0.171. The molecule has 12 rings (SSSR count). The molecule has 2 atom stereocenters. The number of allylic oxidation sites excluding steroid dienone is 14. The fourth-order valence-electron chi connectivity index (χ4n) is 12.1. The van der Waals surface area contributed by atoms with Gasteiger partial charge in [-0.05, 0) is 163 Å². The molecule has 0 radical (unpaired) electrons. The van der Waals surface area contributed by atoms with Gasteiger partial charge >= 0.3 is 0 Å². The van der Waals surface area contributed by atoms with E-state index >= 15 is 0 Å². The van der Waals surface area contributed by atoms with Gasteiger partial charge in [-0.1, -0.05) is 220 Å². The molecule has 0 bridgehead atoms. The zero-order chi connectivity index (χ0) is 48.7. The first-order chi connectivity index (χ1) is 34.4. The Bertz CT molecular complexity index is 3830. The second-order valence-electron chi connectivity index (χ2n) is 21.6. The van der Waals surface area contributed by atoms with Crippen molar-refractivity contribution in [2.45, 2.75) is 72.6 Å². The van der Waals surface area contributed by atoms with Crippen LogP contribution in [0.3, 0.4) is 0 Å². The maximum atomic E-state index is 4.50. The third-order valence-electron chi connectivity index (χ3n) is 15.6. The number of anilines is 1. The van der Waals surface area contributed by atoms with E-state index in [2.05, 4.69) is 254 Å². The molecule has 0 aliphatic heterocycles. The first-order valence-electron chi connectivity index (χ1n) is 25.6. The highest BCUT2D eigenvalue weighted by Crippen LogP contribution is 2.52. The van der Waals surface area contributed by atoms with Crippen LogP contribution in [-0.4, -0.2) is 0 Å². The predicted molar refractivity (Wildman–Crippen MR) is 309 cm³/mol. The summed E-state index contributed by atoms with van der Waals surface area (Å²) in [6.07, 6.45) is 23.2. The monoisotopic (exact) mass is 915 g/mol. The van der Waals surface area contributed by atoms with Crippen molar-refractivity contribution in [3.8, 4) is 11.1 Å². The van der Waals surface area contributed by atoms with Gasteiger partial charge in [0, 0.05) is 28.8 Å². The Morgan fingerprint density at radius 3 is 1.97 bits per heavy atom. The highest BCUT2D eigenvalue weighted by atomic mass is 15.2. The summed E-state index contributed by atoms with van der Waals surface area (Å²) in [5.41, 5.74) is 19.2. The maximum Gasteiger partial charge on any atom is 0.0572 e. The summed E-state index contributed by atoms with van der Waals surface area (Å²) in [5.74, 6) is 0.230. The van der Waals surface area contributed by atoms with Crippen molar-refractivity contribution in [3.63, 3.8) is 0 Å². The summed E-state index contributed by atoms with van der Waals surface area (Å²) in [5, 5.41) is 12.9. The van der Waals surface area contributed by atoms with Gasteiger partial charge in [-0.25, -0.2) is 0 Å². The first kappa shape index (κ1) is 44.5. The van der Waals surface area contributed by atoms with Crippen molar-refractivity contribution in [2.24, 2.45) is 5.92 Å². The molecular weight excluding hydrogens is 855 g/mol. The number of nitrogens with zero attached hydrogens (tertiary/aromatic N) is 1. The van der Waals surface area contributed by atoms with Gasteiger partial charge < -0.3 is 4.90 Å². The lowest BCUT2D eigenvalue weighted by Crippen LogP contribution is -2.30. The Labute approximate surface area is 419 Å². The van der Waals surface area contributed by atoms with Gasteiger partial charge in [0.2, 0.25) is 0 Å². The van der Waals surface area contributed by atoms with E-state index in [1.807, 2.05) is 0 Å². The zero-order valence-electron chi connectivity index (χ0n) is 42.2. The lowest BCUT2D eigenvalue weighted by atomic mass is 9.71. The van der Waals surface area contributed by atoms with Gasteiger partial charge in [-0.3, -0.25) is 0 Å². The van der Waals surface area contributed by atoms with Crippen LogP contribution >= 0.6 is 0 Å². The Morgan fingerprint density at radius 2 is 1.31 bits per heavy atom. The van der Waals surface area contributed by atoms with Crippen LogP contribution in [0.4, 0.5) is 5.69 Å². The second-order valence-corrected chi connectivity index (χ2v) is 21.6. The Kier molecular flexibility index (Phi) is 10.8. The zero-order valence-corrected chi connectivity index (χ0v) is 42.2. The third-order valence-corrected chi connectivity index (χ3v) is 15.6. The van der Waals surface area contributed by atoms with Crippen LogP contribution in [0.15, 0.2) is 223 Å². The SMILES string of the molecule is C=C(C)/C=C(\C=C\C1c2ccccc2C(N(C2=CC=C(C)CC2)c2ccc(C)cc2)=C2C=CC=CC21)c1c2ccccc2c(-c2cc(C)c3ccc4cc(C(C)(C)C)cc5ccc2c3c45)c2ccccc12. The van der Waals surface area contributed by atoms with Crippen LogP contribution in [0.2, 0.25) is 0 Å². The molecule has 1 heteroatoms. The molecule has 2 unspecified atom stereocenters. The average Bonchev–Trinajstić information content (AvgIpc) is 3.37. The summed E-state index contributed by atoms with van der Waals surface area (Å²) < 4.78 is 0. The van der Waals surface area contributed by atoms with E-state index in [0.717, 1.165) is 24.0 Å². The van der Waals surface area contributed by atoms with E-state index in [0.29, 0.717) is 0 Å². The van der Waals surface area contributed by atoms with Gasteiger partial charge in [-0.2, -0.15) is 0 Å². The van der Waals surface area contributed by atoms with Gasteiger partial charge in [-0.15, -0.1) is 0 Å². The molecule has 9 aromatic rings. The normalized spacial score (nSPS) is 17.2. The van der Waals surface area contributed by atoms with Crippen molar-refractivity contribution in [1.82, 2.24) is 0 Å². The quantitative estimate of drug-likeness (QED) is 0.0834. The van der Waals surface area contributed by atoms with Crippen LogP contribution < -0.4 is 4.90 Å². The minimum absolute atomic E-state index is 0.0557. The molecule has 346 valence electrons. The number of hydrogen-bond donors (Lipinski definition) is 0. The lowest BCUT2D eigenvalue weighted by Gasteiger charge is -2.41. The highest BCUT2D eigenvalue weighted by Gasteiger charge is 2.36. The molecule has 0 heterocycles. The molecule has 0 fully saturated rings. The molecule has 71 heavy (non-hydrogen) atoms. The molecule has 0 aromatic heterocycles.